The van der Waals surface area contributed by atoms with Crippen molar-refractivity contribution in [3.63, 3.8) is 0 Å². The lowest BCUT2D eigenvalue weighted by Gasteiger charge is -2.31. The molecule has 150 valence electrons. The van der Waals surface area contributed by atoms with Crippen molar-refractivity contribution in [1.82, 2.24) is 10.2 Å². The van der Waals surface area contributed by atoms with Crippen LogP contribution in [0.25, 0.3) is 0 Å². The predicted octanol–water partition coefficient (Wildman–Crippen LogP) is 2.78. The topological polar surface area (TPSA) is 81.0 Å². The minimum absolute atomic E-state index is 0.127. The van der Waals surface area contributed by atoms with Gasteiger partial charge in [-0.3, -0.25) is 9.59 Å². The molecule has 0 bridgehead atoms. The molecule has 1 aliphatic rings. The van der Waals surface area contributed by atoms with E-state index in [-0.39, 0.29) is 11.7 Å². The Morgan fingerprint density at radius 3 is 2.46 bits per heavy atom. The minimum atomic E-state index is -0.645. The summed E-state index contributed by atoms with van der Waals surface area (Å²) in [5.74, 6) is 1.09. The number of nitrogens with zero attached hydrogens (tertiary/aromatic N) is 1. The Labute approximate surface area is 164 Å². The number of carbonyl (C=O) groups is 2. The third-order valence-electron chi connectivity index (χ3n) is 4.65. The summed E-state index contributed by atoms with van der Waals surface area (Å²) in [5.41, 5.74) is 2.19. The van der Waals surface area contributed by atoms with Gasteiger partial charge < -0.3 is 24.1 Å². The Morgan fingerprint density at radius 2 is 1.86 bits per heavy atom. The van der Waals surface area contributed by atoms with Crippen LogP contribution in [0.2, 0.25) is 0 Å². The highest BCUT2D eigenvalue weighted by molar-refractivity contribution is 5.95. The molecule has 0 aliphatic carbocycles. The number of fused-ring (bicyclic) bond motifs is 1. The van der Waals surface area contributed by atoms with Crippen LogP contribution < -0.4 is 14.8 Å². The zero-order valence-electron chi connectivity index (χ0n) is 16.5. The van der Waals surface area contributed by atoms with E-state index >= 15 is 0 Å². The highest BCUT2D eigenvalue weighted by Crippen LogP contribution is 2.34. The summed E-state index contributed by atoms with van der Waals surface area (Å²) >= 11 is 0. The van der Waals surface area contributed by atoms with Gasteiger partial charge in [-0.2, -0.15) is 0 Å². The normalized spacial score (nSPS) is 14.2. The Hall–Kier alpha value is -2.96. The van der Waals surface area contributed by atoms with E-state index < -0.39 is 11.9 Å². The van der Waals surface area contributed by atoms with Crippen LogP contribution in [0.1, 0.15) is 42.5 Å². The molecule has 28 heavy (non-hydrogen) atoms. The first kappa shape index (κ1) is 19.8. The maximum Gasteiger partial charge on any atom is 0.287 e. The summed E-state index contributed by atoms with van der Waals surface area (Å²) < 4.78 is 16.5. The summed E-state index contributed by atoms with van der Waals surface area (Å²) in [5, 5.41) is 2.69. The van der Waals surface area contributed by atoms with Crippen molar-refractivity contribution in [2.75, 3.05) is 19.8 Å². The zero-order chi connectivity index (χ0) is 20.1. The number of rotatable bonds is 7. The molecule has 2 aromatic rings. The smallest absolute Gasteiger partial charge is 0.287 e. The van der Waals surface area contributed by atoms with E-state index in [1.54, 1.807) is 24.0 Å². The van der Waals surface area contributed by atoms with Gasteiger partial charge in [-0.15, -0.1) is 0 Å². The highest BCUT2D eigenvalue weighted by atomic mass is 16.5. The van der Waals surface area contributed by atoms with Crippen molar-refractivity contribution in [3.05, 3.63) is 47.4 Å². The number of amides is 2. The molecule has 1 aliphatic heterocycles. The Kier molecular flexibility index (Phi) is 6.23. The van der Waals surface area contributed by atoms with Crippen LogP contribution in [0.4, 0.5) is 0 Å². The molecule has 1 aromatic carbocycles. The van der Waals surface area contributed by atoms with Crippen LogP contribution in [0.15, 0.2) is 34.9 Å². The second-order valence-electron chi connectivity index (χ2n) is 6.62. The van der Waals surface area contributed by atoms with E-state index in [9.17, 15) is 9.59 Å². The number of furan rings is 1. The van der Waals surface area contributed by atoms with Gasteiger partial charge in [0.1, 0.15) is 6.04 Å². The molecule has 1 N–H and O–H groups in total. The lowest BCUT2D eigenvalue weighted by molar-refractivity contribution is -0.133. The summed E-state index contributed by atoms with van der Waals surface area (Å²) in [7, 11) is 0. The number of carbonyl (C=O) groups excluding carboxylic acids is 2. The molecule has 3 rings (SSSR count). The van der Waals surface area contributed by atoms with Crippen LogP contribution in [0.3, 0.4) is 0 Å². The van der Waals surface area contributed by atoms with Gasteiger partial charge in [0, 0.05) is 13.1 Å². The fourth-order valence-electron chi connectivity index (χ4n) is 3.30. The van der Waals surface area contributed by atoms with E-state index in [1.807, 2.05) is 26.0 Å². The van der Waals surface area contributed by atoms with Crippen LogP contribution in [-0.2, 0) is 17.8 Å². The number of hydrogen-bond donors (Lipinski definition) is 1. The lowest BCUT2D eigenvalue weighted by Crippen LogP contribution is -2.48. The second kappa shape index (κ2) is 8.82. The van der Waals surface area contributed by atoms with Gasteiger partial charge >= 0.3 is 0 Å². The van der Waals surface area contributed by atoms with Gasteiger partial charge in [0.25, 0.3) is 5.91 Å². The van der Waals surface area contributed by atoms with Gasteiger partial charge in [-0.05, 0) is 62.6 Å². The third kappa shape index (κ3) is 4.30. The number of ether oxygens (including phenoxy) is 2. The first-order valence-electron chi connectivity index (χ1n) is 9.58. The van der Waals surface area contributed by atoms with Crippen molar-refractivity contribution in [3.8, 4) is 11.5 Å². The average Bonchev–Trinajstić information content (AvgIpc) is 3.23. The molecule has 1 atom stereocenters. The van der Waals surface area contributed by atoms with Gasteiger partial charge in [-0.1, -0.05) is 0 Å². The molecule has 0 saturated heterocycles. The highest BCUT2D eigenvalue weighted by Gasteiger charge is 2.27. The van der Waals surface area contributed by atoms with Crippen molar-refractivity contribution < 1.29 is 23.5 Å². The van der Waals surface area contributed by atoms with Crippen molar-refractivity contribution in [1.29, 1.82) is 0 Å². The van der Waals surface area contributed by atoms with Crippen LogP contribution in [-0.4, -0.2) is 42.5 Å². The third-order valence-corrected chi connectivity index (χ3v) is 4.65. The molecule has 0 spiro atoms. The van der Waals surface area contributed by atoms with Gasteiger partial charge in [0.15, 0.2) is 17.3 Å². The number of hydrogen-bond acceptors (Lipinski definition) is 5. The monoisotopic (exact) mass is 386 g/mol. The van der Waals surface area contributed by atoms with E-state index in [2.05, 4.69) is 5.32 Å². The minimum Gasteiger partial charge on any atom is -0.490 e. The molecular weight excluding hydrogens is 360 g/mol. The maximum atomic E-state index is 12.8. The summed E-state index contributed by atoms with van der Waals surface area (Å²) in [6.45, 7) is 7.71. The van der Waals surface area contributed by atoms with Gasteiger partial charge in [0.2, 0.25) is 5.91 Å². The molecular formula is C21H26N2O5. The molecule has 7 heteroatoms. The largest absolute Gasteiger partial charge is 0.490 e. The van der Waals surface area contributed by atoms with Crippen molar-refractivity contribution in [2.45, 2.75) is 39.8 Å². The average molecular weight is 386 g/mol. The maximum absolute atomic E-state index is 12.8. The molecule has 2 heterocycles. The van der Waals surface area contributed by atoms with Crippen LogP contribution >= 0.6 is 0 Å². The fourth-order valence-corrected chi connectivity index (χ4v) is 3.30. The molecule has 0 fully saturated rings. The lowest BCUT2D eigenvalue weighted by atomic mass is 9.98. The molecule has 2 amide bonds. The number of benzene rings is 1. The van der Waals surface area contributed by atoms with E-state index in [0.717, 1.165) is 23.3 Å². The quantitative estimate of drug-likeness (QED) is 0.791. The van der Waals surface area contributed by atoms with Gasteiger partial charge in [-0.25, -0.2) is 0 Å². The standard InChI is InChI=1S/C21H26N2O5/c1-4-26-18-11-15-8-9-23(13-16(15)12-19(18)27-5-2)21(25)14(3)22-20(24)17-7-6-10-28-17/h6-7,10-12,14H,4-5,8-9,13H2,1-3H3,(H,22,24)/t14-/m0/s1. The van der Waals surface area contributed by atoms with Crippen molar-refractivity contribution >= 4 is 11.8 Å². The van der Waals surface area contributed by atoms with E-state index in [0.29, 0.717) is 32.1 Å². The summed E-state index contributed by atoms with van der Waals surface area (Å²) in [6, 6.07) is 6.51. The summed E-state index contributed by atoms with van der Waals surface area (Å²) in [4.78, 5) is 26.7. The molecule has 7 nitrogen and oxygen atoms in total. The van der Waals surface area contributed by atoms with Gasteiger partial charge in [0.05, 0.1) is 19.5 Å². The molecule has 1 aromatic heterocycles. The van der Waals surface area contributed by atoms with E-state index in [4.69, 9.17) is 13.9 Å². The van der Waals surface area contributed by atoms with Crippen LogP contribution in [0, 0.1) is 0 Å². The first-order chi connectivity index (χ1) is 13.5. The van der Waals surface area contributed by atoms with Crippen molar-refractivity contribution in [2.24, 2.45) is 0 Å². The first-order valence-corrected chi connectivity index (χ1v) is 9.58. The second-order valence-corrected chi connectivity index (χ2v) is 6.62. The molecule has 0 radical (unpaired) electrons. The Bertz CT molecular complexity index is 832. The Morgan fingerprint density at radius 1 is 1.18 bits per heavy atom. The zero-order valence-corrected chi connectivity index (χ0v) is 16.5. The van der Waals surface area contributed by atoms with E-state index in [1.165, 1.54) is 6.26 Å². The Balaban J connectivity index is 1.70. The SMILES string of the molecule is CCOc1cc2c(cc1OCC)CN(C(=O)[C@H](C)NC(=O)c1ccco1)CC2. The number of nitrogens with one attached hydrogen (secondary N) is 1. The summed E-state index contributed by atoms with van der Waals surface area (Å²) in [6.07, 6.45) is 2.15. The molecule has 0 unspecified atom stereocenters. The fraction of sp³-hybridized carbons (Fsp3) is 0.429. The predicted molar refractivity (Wildman–Crippen MR) is 104 cm³/mol. The molecule has 0 saturated carbocycles. The van der Waals surface area contributed by atoms with Crippen LogP contribution in [0.5, 0.6) is 11.5 Å².